The first-order valence-electron chi connectivity index (χ1n) is 4.39. The van der Waals surface area contributed by atoms with Gasteiger partial charge in [0.2, 0.25) is 5.91 Å². The number of rotatable bonds is 4. The second kappa shape index (κ2) is 5.06. The van der Waals surface area contributed by atoms with Gasteiger partial charge in [-0.1, -0.05) is 6.07 Å². The molecule has 4 N–H and O–H groups in total. The van der Waals surface area contributed by atoms with Gasteiger partial charge in [0.1, 0.15) is 11.6 Å². The normalized spacial score (nSPS) is 9.50. The van der Waals surface area contributed by atoms with Gasteiger partial charge in [0.25, 0.3) is 0 Å². The lowest BCUT2D eigenvalue weighted by Crippen LogP contribution is -2.26. The molecule has 0 radical (unpaired) electrons. The third kappa shape index (κ3) is 3.75. The number of pyridine rings is 1. The van der Waals surface area contributed by atoms with Crippen LogP contribution < -0.4 is 16.4 Å². The summed E-state index contributed by atoms with van der Waals surface area (Å²) in [4.78, 5) is 14.6. The van der Waals surface area contributed by atoms with Gasteiger partial charge >= 0.3 is 0 Å². The predicted octanol–water partition coefficient (Wildman–Crippen LogP) is 0.212. The number of carbonyl (C=O) groups excluding carboxylic acids is 1. The molecule has 1 amide bonds. The second-order valence-corrected chi connectivity index (χ2v) is 2.86. The van der Waals surface area contributed by atoms with Crippen LogP contribution in [0.5, 0.6) is 0 Å². The quantitative estimate of drug-likeness (QED) is 0.599. The van der Waals surface area contributed by atoms with Gasteiger partial charge in [0, 0.05) is 20.0 Å². The van der Waals surface area contributed by atoms with E-state index in [-0.39, 0.29) is 5.91 Å². The Balaban J connectivity index is 2.28. The zero-order valence-electron chi connectivity index (χ0n) is 8.08. The summed E-state index contributed by atoms with van der Waals surface area (Å²) in [7, 11) is 0. The number of carbonyl (C=O) groups is 1. The number of amides is 1. The molecule has 1 aromatic heterocycles. The fourth-order valence-electron chi connectivity index (χ4n) is 0.979. The lowest BCUT2D eigenvalue weighted by molar-refractivity contribution is -0.118. The third-order valence-corrected chi connectivity index (χ3v) is 1.58. The third-order valence-electron chi connectivity index (χ3n) is 1.58. The lowest BCUT2D eigenvalue weighted by atomic mass is 10.4. The van der Waals surface area contributed by atoms with Gasteiger partial charge in [0.15, 0.2) is 0 Å². The Hall–Kier alpha value is -1.78. The Bertz CT molecular complexity index is 313. The minimum Gasteiger partial charge on any atom is -0.384 e. The van der Waals surface area contributed by atoms with Gasteiger partial charge in [0.05, 0.1) is 0 Å². The van der Waals surface area contributed by atoms with Gasteiger partial charge in [-0.15, -0.1) is 0 Å². The smallest absolute Gasteiger partial charge is 0.216 e. The van der Waals surface area contributed by atoms with E-state index < -0.39 is 0 Å². The molecule has 0 saturated carbocycles. The average molecular weight is 194 g/mol. The molecule has 1 aromatic rings. The number of nitrogens with one attached hydrogen (secondary N) is 2. The fourth-order valence-corrected chi connectivity index (χ4v) is 0.979. The highest BCUT2D eigenvalue weighted by molar-refractivity contribution is 5.72. The summed E-state index contributed by atoms with van der Waals surface area (Å²) in [5.74, 6) is 1.16. The number of nitrogen functional groups attached to an aromatic ring is 1. The summed E-state index contributed by atoms with van der Waals surface area (Å²) in [6.45, 7) is 2.70. The Kier molecular flexibility index (Phi) is 3.72. The highest BCUT2D eigenvalue weighted by Crippen LogP contribution is 2.04. The number of nitrogens with two attached hydrogens (primary N) is 1. The van der Waals surface area contributed by atoms with E-state index in [0.29, 0.717) is 18.9 Å². The van der Waals surface area contributed by atoms with E-state index in [2.05, 4.69) is 15.6 Å². The molecule has 0 bridgehead atoms. The molecule has 76 valence electrons. The van der Waals surface area contributed by atoms with Gasteiger partial charge < -0.3 is 16.4 Å². The summed E-state index contributed by atoms with van der Waals surface area (Å²) >= 11 is 0. The molecule has 0 unspecified atom stereocenters. The Morgan fingerprint density at radius 3 is 2.93 bits per heavy atom. The van der Waals surface area contributed by atoms with Crippen molar-refractivity contribution < 1.29 is 4.79 Å². The van der Waals surface area contributed by atoms with E-state index in [4.69, 9.17) is 5.73 Å². The highest BCUT2D eigenvalue weighted by atomic mass is 16.1. The molecule has 0 atom stereocenters. The monoisotopic (exact) mass is 194 g/mol. The van der Waals surface area contributed by atoms with Gasteiger partial charge in [-0.2, -0.15) is 0 Å². The number of hydrogen-bond donors (Lipinski definition) is 3. The molecule has 0 aromatic carbocycles. The van der Waals surface area contributed by atoms with Crippen molar-refractivity contribution in [1.29, 1.82) is 0 Å². The summed E-state index contributed by atoms with van der Waals surface area (Å²) in [6, 6.07) is 5.37. The Morgan fingerprint density at radius 2 is 2.29 bits per heavy atom. The van der Waals surface area contributed by atoms with E-state index in [0.717, 1.165) is 5.82 Å². The van der Waals surface area contributed by atoms with Crippen molar-refractivity contribution in [3.63, 3.8) is 0 Å². The molecule has 0 aliphatic heterocycles. The van der Waals surface area contributed by atoms with Crippen molar-refractivity contribution >= 4 is 17.5 Å². The van der Waals surface area contributed by atoms with Crippen molar-refractivity contribution in [2.75, 3.05) is 24.1 Å². The first-order valence-corrected chi connectivity index (χ1v) is 4.39. The molecule has 0 fully saturated rings. The van der Waals surface area contributed by atoms with Crippen molar-refractivity contribution in [2.45, 2.75) is 6.92 Å². The zero-order chi connectivity index (χ0) is 10.4. The molecule has 1 heterocycles. The van der Waals surface area contributed by atoms with E-state index in [1.54, 1.807) is 6.07 Å². The van der Waals surface area contributed by atoms with Crippen LogP contribution in [-0.2, 0) is 4.79 Å². The maximum absolute atomic E-state index is 10.5. The zero-order valence-corrected chi connectivity index (χ0v) is 8.08. The summed E-state index contributed by atoms with van der Waals surface area (Å²) < 4.78 is 0. The van der Waals surface area contributed by atoms with Crippen LogP contribution in [0.1, 0.15) is 6.92 Å². The fraction of sp³-hybridized carbons (Fsp3) is 0.333. The summed E-state index contributed by atoms with van der Waals surface area (Å²) in [5, 5.41) is 5.70. The van der Waals surface area contributed by atoms with Crippen LogP contribution in [0, 0.1) is 0 Å². The Morgan fingerprint density at radius 1 is 1.50 bits per heavy atom. The maximum Gasteiger partial charge on any atom is 0.216 e. The SMILES string of the molecule is CC(=O)NCCNc1cccc(N)n1. The molecule has 0 aliphatic carbocycles. The molecule has 14 heavy (non-hydrogen) atoms. The van der Waals surface area contributed by atoms with Crippen LogP contribution in [0.4, 0.5) is 11.6 Å². The van der Waals surface area contributed by atoms with Crippen LogP contribution in [0.15, 0.2) is 18.2 Å². The average Bonchev–Trinajstić information content (AvgIpc) is 2.12. The van der Waals surface area contributed by atoms with E-state index >= 15 is 0 Å². The van der Waals surface area contributed by atoms with Gasteiger partial charge in [-0.25, -0.2) is 4.98 Å². The molecule has 5 heteroatoms. The number of hydrogen-bond acceptors (Lipinski definition) is 4. The molecular formula is C9H14N4O. The minimum atomic E-state index is -0.0349. The predicted molar refractivity (Wildman–Crippen MR) is 55.8 cm³/mol. The number of aromatic nitrogens is 1. The first-order chi connectivity index (χ1) is 6.68. The van der Waals surface area contributed by atoms with Crippen LogP contribution in [0.25, 0.3) is 0 Å². The van der Waals surface area contributed by atoms with Crippen LogP contribution in [-0.4, -0.2) is 24.0 Å². The van der Waals surface area contributed by atoms with Crippen molar-refractivity contribution in [2.24, 2.45) is 0 Å². The number of anilines is 2. The van der Waals surface area contributed by atoms with Crippen molar-refractivity contribution in [3.05, 3.63) is 18.2 Å². The van der Waals surface area contributed by atoms with E-state index in [1.165, 1.54) is 6.92 Å². The van der Waals surface area contributed by atoms with Gasteiger partial charge in [-0.05, 0) is 12.1 Å². The number of nitrogens with zero attached hydrogens (tertiary/aromatic N) is 1. The largest absolute Gasteiger partial charge is 0.384 e. The molecule has 5 nitrogen and oxygen atoms in total. The summed E-state index contributed by atoms with van der Waals surface area (Å²) in [5.41, 5.74) is 5.49. The minimum absolute atomic E-state index is 0.0349. The van der Waals surface area contributed by atoms with Crippen LogP contribution >= 0.6 is 0 Å². The molecular weight excluding hydrogens is 180 g/mol. The molecule has 0 saturated heterocycles. The second-order valence-electron chi connectivity index (χ2n) is 2.86. The van der Waals surface area contributed by atoms with E-state index in [1.807, 2.05) is 12.1 Å². The lowest BCUT2D eigenvalue weighted by Gasteiger charge is -2.05. The molecule has 1 rings (SSSR count). The highest BCUT2D eigenvalue weighted by Gasteiger charge is 1.93. The standard InChI is InChI=1S/C9H14N4O/c1-7(14)11-5-6-12-9-4-2-3-8(10)13-9/h2-4H,5-6H2,1H3,(H,11,14)(H3,10,12,13). The molecule has 0 aliphatic rings. The first kappa shape index (κ1) is 10.3. The molecule has 0 spiro atoms. The Labute approximate surface area is 82.7 Å². The van der Waals surface area contributed by atoms with Crippen LogP contribution in [0.2, 0.25) is 0 Å². The maximum atomic E-state index is 10.5. The van der Waals surface area contributed by atoms with Crippen LogP contribution in [0.3, 0.4) is 0 Å². The van der Waals surface area contributed by atoms with Gasteiger partial charge in [-0.3, -0.25) is 4.79 Å². The van der Waals surface area contributed by atoms with Crippen molar-refractivity contribution in [3.8, 4) is 0 Å². The van der Waals surface area contributed by atoms with E-state index in [9.17, 15) is 4.79 Å². The summed E-state index contributed by atoms with van der Waals surface area (Å²) in [6.07, 6.45) is 0. The van der Waals surface area contributed by atoms with Crippen molar-refractivity contribution in [1.82, 2.24) is 10.3 Å². The topological polar surface area (TPSA) is 80.0 Å².